The van der Waals surface area contributed by atoms with E-state index in [1.807, 2.05) is 37.3 Å². The van der Waals surface area contributed by atoms with Crippen molar-refractivity contribution in [1.82, 2.24) is 9.55 Å². The fourth-order valence-electron chi connectivity index (χ4n) is 2.63. The molecule has 0 aliphatic carbocycles. The van der Waals surface area contributed by atoms with Crippen molar-refractivity contribution >= 4 is 11.9 Å². The van der Waals surface area contributed by atoms with Crippen LogP contribution in [0.4, 0.5) is 0 Å². The normalized spacial score (nSPS) is 11.6. The number of nitrogens with zero attached hydrogens (tertiary/aromatic N) is 2. The highest BCUT2D eigenvalue weighted by atomic mass is 16.5. The van der Waals surface area contributed by atoms with Crippen molar-refractivity contribution in [2.75, 3.05) is 7.11 Å². The third-order valence-corrected chi connectivity index (χ3v) is 4.04. The predicted octanol–water partition coefficient (Wildman–Crippen LogP) is 3.50. The topological polar surface area (TPSA) is 70.4 Å². The number of hydrogen-bond acceptors (Lipinski definition) is 5. The molecule has 3 rings (SSSR count). The van der Waals surface area contributed by atoms with Crippen molar-refractivity contribution in [2.24, 2.45) is 0 Å². The molecule has 0 radical (unpaired) electrons. The van der Waals surface area contributed by atoms with E-state index in [9.17, 15) is 9.59 Å². The van der Waals surface area contributed by atoms with Crippen LogP contribution in [0.5, 0.6) is 5.75 Å². The Morgan fingerprint density at radius 2 is 1.81 bits per heavy atom. The first-order valence-electron chi connectivity index (χ1n) is 8.07. The quantitative estimate of drug-likeness (QED) is 0.520. The number of ether oxygens (including phenoxy) is 2. The van der Waals surface area contributed by atoms with Crippen molar-refractivity contribution in [3.8, 4) is 5.75 Å². The summed E-state index contributed by atoms with van der Waals surface area (Å²) >= 11 is 0. The largest absolute Gasteiger partial charge is 0.465 e. The molecule has 0 spiro atoms. The molecular formula is C20H18N2O4. The summed E-state index contributed by atoms with van der Waals surface area (Å²) in [5.41, 5.74) is 1.68. The molecule has 1 aromatic heterocycles. The van der Waals surface area contributed by atoms with Crippen LogP contribution >= 0.6 is 0 Å². The summed E-state index contributed by atoms with van der Waals surface area (Å²) in [5.74, 6) is -0.782. The Balaban J connectivity index is 1.82. The number of carbonyl (C=O) groups is 2. The smallest absolute Gasteiger partial charge is 0.362 e. The zero-order valence-electron chi connectivity index (χ0n) is 14.5. The fraction of sp³-hybridized carbons (Fsp3) is 0.150. The van der Waals surface area contributed by atoms with Gasteiger partial charge >= 0.3 is 11.9 Å². The molecule has 1 atom stereocenters. The molecule has 0 bridgehead atoms. The van der Waals surface area contributed by atoms with Crippen molar-refractivity contribution in [2.45, 2.75) is 13.0 Å². The Morgan fingerprint density at radius 1 is 1.04 bits per heavy atom. The van der Waals surface area contributed by atoms with E-state index in [2.05, 4.69) is 9.72 Å². The second-order valence-electron chi connectivity index (χ2n) is 5.68. The number of methoxy groups -OCH3 is 1. The number of aromatic nitrogens is 2. The van der Waals surface area contributed by atoms with E-state index in [0.717, 1.165) is 5.56 Å². The van der Waals surface area contributed by atoms with Gasteiger partial charge in [-0.05, 0) is 30.7 Å². The third-order valence-electron chi connectivity index (χ3n) is 4.04. The Labute approximate surface area is 151 Å². The Bertz CT molecular complexity index is 918. The van der Waals surface area contributed by atoms with Gasteiger partial charge in [-0.2, -0.15) is 0 Å². The molecule has 132 valence electrons. The van der Waals surface area contributed by atoms with Crippen LogP contribution in [0.2, 0.25) is 0 Å². The van der Waals surface area contributed by atoms with E-state index >= 15 is 0 Å². The monoisotopic (exact) mass is 350 g/mol. The summed E-state index contributed by atoms with van der Waals surface area (Å²) < 4.78 is 11.8. The van der Waals surface area contributed by atoms with Crippen LogP contribution in [0.15, 0.2) is 67.1 Å². The minimum atomic E-state index is -0.549. The summed E-state index contributed by atoms with van der Waals surface area (Å²) in [5, 5.41) is 0. The number of imidazole rings is 1. The van der Waals surface area contributed by atoms with Gasteiger partial charge in [-0.1, -0.05) is 36.4 Å². The van der Waals surface area contributed by atoms with Gasteiger partial charge in [0.15, 0.2) is 0 Å². The van der Waals surface area contributed by atoms with Crippen LogP contribution in [0.1, 0.15) is 39.4 Å². The minimum Gasteiger partial charge on any atom is -0.465 e. The summed E-state index contributed by atoms with van der Waals surface area (Å²) in [6.45, 7) is 1.98. The summed E-state index contributed by atoms with van der Waals surface area (Å²) in [6, 6.07) is 16.0. The van der Waals surface area contributed by atoms with Crippen LogP contribution in [0, 0.1) is 0 Å². The van der Waals surface area contributed by atoms with Gasteiger partial charge in [0, 0.05) is 0 Å². The molecule has 0 saturated heterocycles. The first-order valence-corrected chi connectivity index (χ1v) is 8.07. The SMILES string of the molecule is COC(=O)c1cccc(OC(=O)c2cncn2[C@H](C)c2ccccc2)c1. The van der Waals surface area contributed by atoms with Crippen LogP contribution in [-0.4, -0.2) is 28.6 Å². The first kappa shape index (κ1) is 17.4. The highest BCUT2D eigenvalue weighted by Gasteiger charge is 2.19. The molecule has 6 heteroatoms. The van der Waals surface area contributed by atoms with E-state index in [-0.39, 0.29) is 11.8 Å². The van der Waals surface area contributed by atoms with Crippen LogP contribution in [-0.2, 0) is 4.74 Å². The summed E-state index contributed by atoms with van der Waals surface area (Å²) in [4.78, 5) is 28.3. The van der Waals surface area contributed by atoms with Crippen LogP contribution < -0.4 is 4.74 Å². The van der Waals surface area contributed by atoms with Gasteiger partial charge in [-0.15, -0.1) is 0 Å². The van der Waals surface area contributed by atoms with E-state index in [4.69, 9.17) is 4.74 Å². The van der Waals surface area contributed by atoms with Crippen LogP contribution in [0.3, 0.4) is 0 Å². The lowest BCUT2D eigenvalue weighted by Crippen LogP contribution is -2.17. The lowest BCUT2D eigenvalue weighted by molar-refractivity contribution is 0.0597. The predicted molar refractivity (Wildman–Crippen MR) is 95.2 cm³/mol. The number of benzene rings is 2. The van der Waals surface area contributed by atoms with Gasteiger partial charge in [0.1, 0.15) is 11.4 Å². The second kappa shape index (κ2) is 7.65. The van der Waals surface area contributed by atoms with Crippen molar-refractivity contribution in [1.29, 1.82) is 0 Å². The van der Waals surface area contributed by atoms with Crippen LogP contribution in [0.25, 0.3) is 0 Å². The van der Waals surface area contributed by atoms with E-state index in [1.54, 1.807) is 29.1 Å². The lowest BCUT2D eigenvalue weighted by atomic mass is 10.1. The molecule has 3 aromatic rings. The molecule has 0 amide bonds. The molecule has 0 fully saturated rings. The van der Waals surface area contributed by atoms with Gasteiger partial charge in [0.25, 0.3) is 0 Å². The van der Waals surface area contributed by atoms with Gasteiger partial charge in [0.05, 0.1) is 31.2 Å². The molecule has 1 heterocycles. The first-order chi connectivity index (χ1) is 12.6. The van der Waals surface area contributed by atoms with Gasteiger partial charge < -0.3 is 14.0 Å². The Hall–Kier alpha value is -3.41. The zero-order valence-corrected chi connectivity index (χ0v) is 14.5. The molecule has 2 aromatic carbocycles. The molecule has 6 nitrogen and oxygen atoms in total. The zero-order chi connectivity index (χ0) is 18.5. The minimum absolute atomic E-state index is 0.0809. The molecule has 0 unspecified atom stereocenters. The summed E-state index contributed by atoms with van der Waals surface area (Å²) in [6.07, 6.45) is 3.06. The van der Waals surface area contributed by atoms with Crippen molar-refractivity contribution in [3.05, 3.63) is 83.9 Å². The van der Waals surface area contributed by atoms with E-state index in [0.29, 0.717) is 11.3 Å². The average Bonchev–Trinajstić information content (AvgIpc) is 3.17. The highest BCUT2D eigenvalue weighted by Crippen LogP contribution is 2.21. The number of carbonyl (C=O) groups excluding carboxylic acids is 2. The maximum Gasteiger partial charge on any atom is 0.362 e. The Morgan fingerprint density at radius 3 is 2.54 bits per heavy atom. The third kappa shape index (κ3) is 3.64. The molecule has 0 aliphatic heterocycles. The fourth-order valence-corrected chi connectivity index (χ4v) is 2.63. The van der Waals surface area contributed by atoms with Gasteiger partial charge in [0.2, 0.25) is 0 Å². The number of esters is 2. The van der Waals surface area contributed by atoms with Gasteiger partial charge in [-0.3, -0.25) is 0 Å². The van der Waals surface area contributed by atoms with E-state index < -0.39 is 11.9 Å². The number of hydrogen-bond donors (Lipinski definition) is 0. The lowest BCUT2D eigenvalue weighted by Gasteiger charge is -2.16. The second-order valence-corrected chi connectivity index (χ2v) is 5.68. The van der Waals surface area contributed by atoms with Gasteiger partial charge in [-0.25, -0.2) is 14.6 Å². The Kier molecular flexibility index (Phi) is 5.12. The van der Waals surface area contributed by atoms with Crippen molar-refractivity contribution < 1.29 is 19.1 Å². The highest BCUT2D eigenvalue weighted by molar-refractivity contribution is 5.91. The molecular weight excluding hydrogens is 332 g/mol. The molecule has 26 heavy (non-hydrogen) atoms. The maximum atomic E-state index is 12.6. The number of rotatable bonds is 5. The maximum absolute atomic E-state index is 12.6. The molecule has 0 N–H and O–H groups in total. The van der Waals surface area contributed by atoms with Crippen molar-refractivity contribution in [3.63, 3.8) is 0 Å². The molecule has 0 saturated carbocycles. The summed E-state index contributed by atoms with van der Waals surface area (Å²) in [7, 11) is 1.30. The standard InChI is InChI=1S/C20H18N2O4/c1-14(15-7-4-3-5-8-15)22-13-21-12-18(22)20(24)26-17-10-6-9-16(11-17)19(23)25-2/h3-14H,1-2H3/t14-/m1/s1. The van der Waals surface area contributed by atoms with E-state index in [1.165, 1.54) is 19.4 Å². The molecule has 0 aliphatic rings. The average molecular weight is 350 g/mol.